The average molecular weight is 1190 g/mol. The normalized spacial score (nSPS) is 18.9. The van der Waals surface area contributed by atoms with E-state index in [1.54, 1.807) is 30.0 Å². The highest BCUT2D eigenvalue weighted by Gasteiger charge is 2.36. The molecule has 0 aromatic heterocycles. The fourth-order valence-corrected chi connectivity index (χ4v) is 9.61. The van der Waals surface area contributed by atoms with Gasteiger partial charge in [0.25, 0.3) is 0 Å². The molecule has 1 N–H and O–H groups in total. The lowest BCUT2D eigenvalue weighted by molar-refractivity contribution is -0.144. The number of likely N-dealkylation sites (tertiary alicyclic amines) is 3. The van der Waals surface area contributed by atoms with Crippen molar-refractivity contribution < 1.29 is 46.6 Å². The Labute approximate surface area is 505 Å². The molecule has 0 radical (unpaired) electrons. The molecule has 16 nitrogen and oxygen atoms in total. The Morgan fingerprint density at radius 3 is 1.23 bits per heavy atom. The summed E-state index contributed by atoms with van der Waals surface area (Å²) in [5, 5.41) is 2.69. The Bertz CT molecular complexity index is 1850. The summed E-state index contributed by atoms with van der Waals surface area (Å²) in [6, 6.07) is 0. The molecule has 6 fully saturated rings. The molecule has 17 heteroatoms. The highest BCUT2D eigenvalue weighted by atomic mass is 32.2. The second-order valence-electron chi connectivity index (χ2n) is 28.7. The molecule has 4 amide bonds. The topological polar surface area (TPSA) is 175 Å². The number of sulfonamides is 1. The predicted molar refractivity (Wildman–Crippen MR) is 343 cm³/mol. The van der Waals surface area contributed by atoms with Gasteiger partial charge in [-0.2, -0.15) is 0 Å². The number of hydrogen-bond donors (Lipinski definition) is 1. The number of ether oxygens (including phenoxy) is 3. The quantitative estimate of drug-likeness (QED) is 0.257. The number of Topliss-reactive ketones (excluding diaryl/α,β-unsaturated/α-hetero) is 1. The highest BCUT2D eigenvalue weighted by Crippen LogP contribution is 2.25. The van der Waals surface area contributed by atoms with Crippen LogP contribution in [-0.4, -0.2) is 181 Å². The third-order valence-electron chi connectivity index (χ3n) is 13.2. The van der Waals surface area contributed by atoms with E-state index in [9.17, 15) is 32.4 Å². The van der Waals surface area contributed by atoms with E-state index in [4.69, 9.17) is 14.2 Å². The number of nitrogens with zero attached hydrogens (tertiary/aromatic N) is 5. The number of piperidine rings is 2. The Morgan fingerprint density at radius 2 is 0.939 bits per heavy atom. The molecular weight excluding hydrogens is 1060 g/mol. The highest BCUT2D eigenvalue weighted by molar-refractivity contribution is 7.90. The van der Waals surface area contributed by atoms with Crippen molar-refractivity contribution in [3.63, 3.8) is 0 Å². The van der Waals surface area contributed by atoms with Crippen molar-refractivity contribution in [3.8, 4) is 0 Å². The van der Waals surface area contributed by atoms with Gasteiger partial charge in [0.2, 0.25) is 33.7 Å². The number of ketones is 1. The fourth-order valence-electron chi connectivity index (χ4n) is 8.10. The first-order chi connectivity index (χ1) is 37.4. The lowest BCUT2D eigenvalue weighted by Crippen LogP contribution is -2.52. The van der Waals surface area contributed by atoms with Gasteiger partial charge in [0.05, 0.1) is 35.2 Å². The SMILES string of the molecule is CC.CC.CC(C)(C)C(=O)N1CCC1.CC(C)(C)C(=O)N1CCCCC1.CC(C)(C)C(=O)N1CCNC(=O)C1.CC(C)(C)N1CCC1.CC(C)(C)OCC1CCCO1.CC(C)(C)S(=O)(=O)N1CCCCC1.CCCC(=O)COC(C)(C)C. The maximum atomic E-state index is 11.9. The monoisotopic (exact) mass is 1190 g/mol. The Balaban J connectivity index is -0.000000882. The van der Waals surface area contributed by atoms with Crippen molar-refractivity contribution in [3.05, 3.63) is 0 Å². The molecular formula is C65H132N6O10S. The van der Waals surface area contributed by atoms with E-state index in [0.717, 1.165) is 71.5 Å². The van der Waals surface area contributed by atoms with Gasteiger partial charge in [0, 0.05) is 87.2 Å². The van der Waals surface area contributed by atoms with Crippen LogP contribution in [0.4, 0.5) is 0 Å². The molecule has 82 heavy (non-hydrogen) atoms. The van der Waals surface area contributed by atoms with Crippen LogP contribution in [0.5, 0.6) is 0 Å². The number of carbonyl (C=O) groups excluding carboxylic acids is 5. The fraction of sp³-hybridized carbons (Fsp3) is 0.923. The summed E-state index contributed by atoms with van der Waals surface area (Å²) in [5.41, 5.74) is -0.553. The lowest BCUT2D eigenvalue weighted by atomic mass is 9.93. The van der Waals surface area contributed by atoms with Crippen LogP contribution in [0.1, 0.15) is 257 Å². The number of rotatable bonds is 7. The minimum atomic E-state index is -3.07. The van der Waals surface area contributed by atoms with E-state index in [1.165, 1.54) is 51.6 Å². The van der Waals surface area contributed by atoms with Gasteiger partial charge in [0.15, 0.2) is 5.78 Å². The van der Waals surface area contributed by atoms with Crippen LogP contribution in [-0.2, 0) is 48.2 Å². The Morgan fingerprint density at radius 1 is 0.537 bits per heavy atom. The maximum absolute atomic E-state index is 11.9. The molecule has 6 rings (SSSR count). The van der Waals surface area contributed by atoms with Crippen LogP contribution in [0.2, 0.25) is 0 Å². The molecule has 6 aliphatic heterocycles. The Hall–Kier alpha value is -2.70. The summed E-state index contributed by atoms with van der Waals surface area (Å²) in [5.74, 6) is 0.773. The molecule has 0 spiro atoms. The van der Waals surface area contributed by atoms with Crippen LogP contribution in [0, 0.1) is 16.2 Å². The van der Waals surface area contributed by atoms with E-state index in [2.05, 4.69) is 51.8 Å². The summed E-state index contributed by atoms with van der Waals surface area (Å²) < 4.78 is 41.2. The first-order valence-electron chi connectivity index (χ1n) is 31.7. The molecule has 1 atom stereocenters. The molecule has 0 aliphatic carbocycles. The first kappa shape index (κ1) is 83.5. The van der Waals surface area contributed by atoms with Gasteiger partial charge in [-0.3, -0.25) is 28.9 Å². The van der Waals surface area contributed by atoms with Crippen LogP contribution < -0.4 is 5.32 Å². The van der Waals surface area contributed by atoms with Gasteiger partial charge < -0.3 is 34.2 Å². The van der Waals surface area contributed by atoms with Gasteiger partial charge in [0.1, 0.15) is 6.61 Å². The number of piperazine rings is 1. The number of carbonyl (C=O) groups is 5. The zero-order valence-electron chi connectivity index (χ0n) is 58.2. The van der Waals surface area contributed by atoms with E-state index >= 15 is 0 Å². The van der Waals surface area contributed by atoms with Crippen molar-refractivity contribution in [1.82, 2.24) is 29.2 Å². The maximum Gasteiger partial charge on any atom is 0.239 e. The predicted octanol–water partition coefficient (Wildman–Crippen LogP) is 12.6. The number of amides is 4. The summed E-state index contributed by atoms with van der Waals surface area (Å²) in [6.07, 6.45) is 13.7. The number of nitrogens with one attached hydrogen (secondary N) is 1. The van der Waals surface area contributed by atoms with E-state index in [0.29, 0.717) is 56.1 Å². The average Bonchev–Trinajstić information content (AvgIpc) is 3.87. The van der Waals surface area contributed by atoms with Crippen LogP contribution in [0.15, 0.2) is 0 Å². The van der Waals surface area contributed by atoms with Gasteiger partial charge >= 0.3 is 0 Å². The van der Waals surface area contributed by atoms with Gasteiger partial charge in [-0.1, -0.05) is 103 Å². The van der Waals surface area contributed by atoms with Crippen molar-refractivity contribution in [2.75, 3.05) is 91.8 Å². The van der Waals surface area contributed by atoms with E-state index < -0.39 is 20.2 Å². The molecule has 6 saturated heterocycles. The van der Waals surface area contributed by atoms with E-state index in [-0.39, 0.29) is 52.8 Å². The van der Waals surface area contributed by atoms with E-state index in [1.807, 2.05) is 128 Å². The van der Waals surface area contributed by atoms with Gasteiger partial charge in [-0.15, -0.1) is 0 Å². The molecule has 0 aromatic carbocycles. The largest absolute Gasteiger partial charge is 0.376 e. The minimum Gasteiger partial charge on any atom is -0.376 e. The molecule has 1 unspecified atom stereocenters. The molecule has 0 saturated carbocycles. The molecule has 0 aromatic rings. The zero-order chi connectivity index (χ0) is 64.6. The van der Waals surface area contributed by atoms with Crippen LogP contribution >= 0.6 is 0 Å². The standard InChI is InChI=1S/C10H19NO.C9H16N2O2.C9H19NO2S.2C9H18O2.C8H15NO.C7H15N.2C2H6/c1-10(2,3)9(12)11-7-5-4-6-8-11;1-9(2,3)8(13)11-5-4-10-7(12)6-11;1-9(2,3)13(11,12)10-7-5-4-6-8-10;1-9(2,3)11-7-8-5-4-6-10-8;1-5-6-8(10)7-11-9(2,3)4;1-8(2,3)7(10)9-5-4-6-9;1-7(2,3)8-5-4-6-8;2*1-2/h4-8H2,1-3H3;4-6H2,1-3H3,(H,10,12);4-8H2,1-3H3;8H,4-7H2,1-3H3;5-7H2,1-4H3;4-6H2,1-3H3;4-6H2,1-3H3;2*1-2H3. The summed E-state index contributed by atoms with van der Waals surface area (Å²) in [7, 11) is -3.07. The smallest absolute Gasteiger partial charge is 0.239 e. The zero-order valence-corrected chi connectivity index (χ0v) is 59.0. The van der Waals surface area contributed by atoms with Crippen molar-refractivity contribution in [1.29, 1.82) is 0 Å². The van der Waals surface area contributed by atoms with Crippen molar-refractivity contribution >= 4 is 39.4 Å². The van der Waals surface area contributed by atoms with Crippen LogP contribution in [0.25, 0.3) is 0 Å². The summed E-state index contributed by atoms with van der Waals surface area (Å²) in [6.45, 7) is 62.8. The van der Waals surface area contributed by atoms with Crippen LogP contribution in [0.3, 0.4) is 0 Å². The van der Waals surface area contributed by atoms with Crippen molar-refractivity contribution in [2.45, 2.75) is 285 Å². The third-order valence-corrected chi connectivity index (χ3v) is 15.8. The molecule has 488 valence electrons. The minimum absolute atomic E-state index is 0.0219. The second-order valence-corrected chi connectivity index (χ2v) is 31.4. The van der Waals surface area contributed by atoms with Gasteiger partial charge in [-0.25, -0.2) is 12.7 Å². The molecule has 6 aliphatic rings. The summed E-state index contributed by atoms with van der Waals surface area (Å²) >= 11 is 0. The molecule has 0 bridgehead atoms. The van der Waals surface area contributed by atoms with Gasteiger partial charge in [-0.05, 0) is 160 Å². The summed E-state index contributed by atoms with van der Waals surface area (Å²) in [4.78, 5) is 64.8. The van der Waals surface area contributed by atoms with Crippen molar-refractivity contribution in [2.24, 2.45) is 16.2 Å². The lowest BCUT2D eigenvalue weighted by Gasteiger charge is -2.42. The third kappa shape index (κ3) is 38.4. The first-order valence-corrected chi connectivity index (χ1v) is 33.2. The Kier molecular flexibility index (Phi) is 40.6. The second kappa shape index (κ2) is 39.9. The molecule has 6 heterocycles. The number of hydrogen-bond acceptors (Lipinski definition) is 11.